The van der Waals surface area contributed by atoms with Crippen LogP contribution in [0.3, 0.4) is 0 Å². The highest BCUT2D eigenvalue weighted by Gasteiger charge is 2.30. The first-order valence-corrected chi connectivity index (χ1v) is 5.15. The molecular formula is C12H15N3. The lowest BCUT2D eigenvalue weighted by Crippen LogP contribution is -2.24. The molecule has 3 N–H and O–H groups in total. The molecule has 2 atom stereocenters. The third-order valence-electron chi connectivity index (χ3n) is 2.97. The van der Waals surface area contributed by atoms with Crippen molar-refractivity contribution in [3.05, 3.63) is 35.9 Å². The van der Waals surface area contributed by atoms with Crippen LogP contribution >= 0.6 is 0 Å². The van der Waals surface area contributed by atoms with Crippen LogP contribution < -0.4 is 5.73 Å². The third-order valence-corrected chi connectivity index (χ3v) is 2.97. The largest absolute Gasteiger partial charge is 0.387 e. The van der Waals surface area contributed by atoms with E-state index in [1.54, 1.807) is 0 Å². The van der Waals surface area contributed by atoms with Gasteiger partial charge in [0.2, 0.25) is 0 Å². The van der Waals surface area contributed by atoms with Crippen molar-refractivity contribution in [3.63, 3.8) is 0 Å². The molecule has 78 valence electrons. The second kappa shape index (κ2) is 3.85. The summed E-state index contributed by atoms with van der Waals surface area (Å²) in [7, 11) is 0. The van der Waals surface area contributed by atoms with E-state index in [2.05, 4.69) is 17.1 Å². The Hall–Kier alpha value is -1.64. The lowest BCUT2D eigenvalue weighted by Gasteiger charge is -2.14. The number of amidine groups is 2. The maximum Gasteiger partial charge on any atom is 0.126 e. The normalized spacial score (nSPS) is 25.4. The second-order valence-corrected chi connectivity index (χ2v) is 4.01. The molecule has 1 aromatic carbocycles. The Bertz CT molecular complexity index is 395. The van der Waals surface area contributed by atoms with Crippen LogP contribution in [0.15, 0.2) is 35.3 Å². The smallest absolute Gasteiger partial charge is 0.126 e. The van der Waals surface area contributed by atoms with Crippen LogP contribution in [0, 0.1) is 17.2 Å². The first kappa shape index (κ1) is 9.90. The lowest BCUT2D eigenvalue weighted by molar-refractivity contribution is 0.579. The lowest BCUT2D eigenvalue weighted by atomic mass is 9.89. The number of nitrogens with two attached hydrogens (primary N) is 1. The van der Waals surface area contributed by atoms with Gasteiger partial charge < -0.3 is 5.73 Å². The fourth-order valence-electron chi connectivity index (χ4n) is 1.91. The summed E-state index contributed by atoms with van der Waals surface area (Å²) in [6, 6.07) is 10.2. The number of benzene rings is 1. The average molecular weight is 201 g/mol. The van der Waals surface area contributed by atoms with Crippen molar-refractivity contribution in [2.24, 2.45) is 22.6 Å². The van der Waals surface area contributed by atoms with Crippen LogP contribution in [0.4, 0.5) is 0 Å². The molecule has 0 saturated heterocycles. The van der Waals surface area contributed by atoms with Crippen LogP contribution in [0.2, 0.25) is 0 Å². The first-order valence-electron chi connectivity index (χ1n) is 5.15. The number of nitrogens with zero attached hydrogens (tertiary/aromatic N) is 1. The van der Waals surface area contributed by atoms with Crippen molar-refractivity contribution in [3.8, 4) is 0 Å². The Morgan fingerprint density at radius 2 is 2.00 bits per heavy atom. The quantitative estimate of drug-likeness (QED) is 0.753. The SMILES string of the molecule is CC1C(N)=NC(=N)C1Cc1ccccc1. The van der Waals surface area contributed by atoms with Gasteiger partial charge in [0.1, 0.15) is 11.7 Å². The van der Waals surface area contributed by atoms with E-state index in [0.717, 1.165) is 6.42 Å². The van der Waals surface area contributed by atoms with Crippen LogP contribution in [0.1, 0.15) is 12.5 Å². The van der Waals surface area contributed by atoms with Gasteiger partial charge >= 0.3 is 0 Å². The van der Waals surface area contributed by atoms with Crippen molar-refractivity contribution >= 4 is 11.7 Å². The highest BCUT2D eigenvalue weighted by molar-refractivity contribution is 6.04. The maximum absolute atomic E-state index is 7.75. The van der Waals surface area contributed by atoms with E-state index in [4.69, 9.17) is 11.1 Å². The molecule has 15 heavy (non-hydrogen) atoms. The summed E-state index contributed by atoms with van der Waals surface area (Å²) in [6.45, 7) is 2.04. The molecule has 0 saturated carbocycles. The zero-order valence-corrected chi connectivity index (χ0v) is 8.77. The molecule has 1 aliphatic heterocycles. The minimum atomic E-state index is 0.146. The van der Waals surface area contributed by atoms with Crippen molar-refractivity contribution in [2.45, 2.75) is 13.3 Å². The minimum absolute atomic E-state index is 0.146. The molecule has 0 amide bonds. The zero-order chi connectivity index (χ0) is 10.8. The van der Waals surface area contributed by atoms with Gasteiger partial charge in [-0.2, -0.15) is 0 Å². The van der Waals surface area contributed by atoms with Gasteiger partial charge in [0.25, 0.3) is 0 Å². The van der Waals surface area contributed by atoms with Gasteiger partial charge in [-0.05, 0) is 12.0 Å². The summed E-state index contributed by atoms with van der Waals surface area (Å²) in [5, 5.41) is 7.75. The summed E-state index contributed by atoms with van der Waals surface area (Å²) in [6.07, 6.45) is 0.852. The van der Waals surface area contributed by atoms with Gasteiger partial charge in [-0.15, -0.1) is 0 Å². The molecular weight excluding hydrogens is 186 g/mol. The van der Waals surface area contributed by atoms with Gasteiger partial charge in [-0.3, -0.25) is 5.41 Å². The molecule has 3 nitrogen and oxygen atoms in total. The predicted molar refractivity (Wildman–Crippen MR) is 62.1 cm³/mol. The van der Waals surface area contributed by atoms with Crippen LogP contribution in [0.5, 0.6) is 0 Å². The van der Waals surface area contributed by atoms with E-state index in [0.29, 0.717) is 11.7 Å². The van der Waals surface area contributed by atoms with Crippen LogP contribution in [0.25, 0.3) is 0 Å². The van der Waals surface area contributed by atoms with Gasteiger partial charge in [-0.1, -0.05) is 37.3 Å². The Kier molecular flexibility index (Phi) is 2.54. The summed E-state index contributed by atoms with van der Waals surface area (Å²) in [5.41, 5.74) is 6.96. The third kappa shape index (κ3) is 1.91. The van der Waals surface area contributed by atoms with E-state index in [9.17, 15) is 0 Å². The van der Waals surface area contributed by atoms with Crippen LogP contribution in [-0.4, -0.2) is 11.7 Å². The predicted octanol–water partition coefficient (Wildman–Crippen LogP) is 1.83. The molecule has 1 heterocycles. The van der Waals surface area contributed by atoms with Crippen molar-refractivity contribution < 1.29 is 0 Å². The molecule has 2 rings (SSSR count). The number of hydrogen-bond donors (Lipinski definition) is 2. The second-order valence-electron chi connectivity index (χ2n) is 4.01. The van der Waals surface area contributed by atoms with E-state index in [1.807, 2.05) is 25.1 Å². The monoisotopic (exact) mass is 201 g/mol. The standard InChI is InChI=1S/C12H15N3/c1-8-10(12(14)15-11(8)13)7-9-5-3-2-4-6-9/h2-6,8,10H,7H2,1H3,(H3,13,14,15). The molecule has 0 aromatic heterocycles. The molecule has 0 bridgehead atoms. The summed E-state index contributed by atoms with van der Waals surface area (Å²) in [4.78, 5) is 4.03. The molecule has 3 heteroatoms. The molecule has 1 aliphatic rings. The molecule has 0 fully saturated rings. The molecule has 1 aromatic rings. The molecule has 0 radical (unpaired) electrons. The van der Waals surface area contributed by atoms with Gasteiger partial charge in [0.15, 0.2) is 0 Å². The first-order chi connectivity index (χ1) is 7.18. The zero-order valence-electron chi connectivity index (χ0n) is 8.77. The Morgan fingerprint density at radius 3 is 2.53 bits per heavy atom. The van der Waals surface area contributed by atoms with E-state index < -0.39 is 0 Å². The minimum Gasteiger partial charge on any atom is -0.387 e. The Balaban J connectivity index is 2.12. The fraction of sp³-hybridized carbons (Fsp3) is 0.333. The van der Waals surface area contributed by atoms with Gasteiger partial charge in [-0.25, -0.2) is 4.99 Å². The fourth-order valence-corrected chi connectivity index (χ4v) is 1.91. The molecule has 0 spiro atoms. The maximum atomic E-state index is 7.75. The van der Waals surface area contributed by atoms with E-state index in [-0.39, 0.29) is 11.8 Å². The van der Waals surface area contributed by atoms with E-state index in [1.165, 1.54) is 5.56 Å². The van der Waals surface area contributed by atoms with Gasteiger partial charge in [0, 0.05) is 11.8 Å². The molecule has 2 unspecified atom stereocenters. The van der Waals surface area contributed by atoms with Gasteiger partial charge in [0.05, 0.1) is 0 Å². The summed E-state index contributed by atoms with van der Waals surface area (Å²) < 4.78 is 0. The average Bonchev–Trinajstić information content (AvgIpc) is 2.47. The number of aliphatic imine (C=N–C) groups is 1. The highest BCUT2D eigenvalue weighted by Crippen LogP contribution is 2.24. The number of rotatable bonds is 2. The van der Waals surface area contributed by atoms with E-state index >= 15 is 0 Å². The number of hydrogen-bond acceptors (Lipinski definition) is 2. The number of nitrogens with one attached hydrogen (secondary N) is 1. The van der Waals surface area contributed by atoms with Crippen molar-refractivity contribution in [1.82, 2.24) is 0 Å². The highest BCUT2D eigenvalue weighted by atomic mass is 15.0. The molecule has 0 aliphatic carbocycles. The van der Waals surface area contributed by atoms with Crippen molar-refractivity contribution in [1.29, 1.82) is 5.41 Å². The van der Waals surface area contributed by atoms with Crippen molar-refractivity contribution in [2.75, 3.05) is 0 Å². The Morgan fingerprint density at radius 1 is 1.33 bits per heavy atom. The topological polar surface area (TPSA) is 62.2 Å². The summed E-state index contributed by atoms with van der Waals surface area (Å²) in [5.74, 6) is 1.36. The summed E-state index contributed by atoms with van der Waals surface area (Å²) >= 11 is 0. The van der Waals surface area contributed by atoms with Crippen LogP contribution in [-0.2, 0) is 6.42 Å². The Labute approximate surface area is 89.5 Å².